The zero-order valence-corrected chi connectivity index (χ0v) is 6.82. The van der Waals surface area contributed by atoms with Crippen LogP contribution in [0.1, 0.15) is 32.1 Å². The second-order valence-electron chi connectivity index (χ2n) is 3.26. The molecule has 2 bridgehead atoms. The molecule has 0 unspecified atom stereocenters. The van der Waals surface area contributed by atoms with E-state index >= 15 is 0 Å². The monoisotopic (exact) mass is 156 g/mol. The normalized spacial score (nSPS) is 39.8. The highest BCUT2D eigenvalue weighted by atomic mass is 32.2. The average molecular weight is 156 g/mol. The van der Waals surface area contributed by atoms with Crippen LogP contribution in [0.5, 0.6) is 0 Å². The molecule has 0 aromatic rings. The van der Waals surface area contributed by atoms with Gasteiger partial charge in [-0.05, 0) is 12.8 Å². The summed E-state index contributed by atoms with van der Waals surface area (Å²) in [6.07, 6.45) is 5.65. The maximum Gasteiger partial charge on any atom is 0.135 e. The molecule has 2 aliphatic heterocycles. The lowest BCUT2D eigenvalue weighted by Gasteiger charge is -2.32. The van der Waals surface area contributed by atoms with E-state index in [4.69, 9.17) is 0 Å². The number of ketones is 1. The summed E-state index contributed by atoms with van der Waals surface area (Å²) in [5.74, 6) is 0.508. The predicted molar refractivity (Wildman–Crippen MR) is 43.3 cm³/mol. The van der Waals surface area contributed by atoms with Gasteiger partial charge in [0.25, 0.3) is 0 Å². The van der Waals surface area contributed by atoms with Gasteiger partial charge in [-0.3, -0.25) is 4.79 Å². The summed E-state index contributed by atoms with van der Waals surface area (Å²) < 4.78 is 0. The summed E-state index contributed by atoms with van der Waals surface area (Å²) in [4.78, 5) is 11.1. The maximum absolute atomic E-state index is 11.1. The molecule has 2 saturated heterocycles. The van der Waals surface area contributed by atoms with E-state index in [-0.39, 0.29) is 0 Å². The van der Waals surface area contributed by atoms with Gasteiger partial charge in [0.2, 0.25) is 0 Å². The van der Waals surface area contributed by atoms with E-state index in [0.717, 1.165) is 12.8 Å². The van der Waals surface area contributed by atoms with Crippen molar-refractivity contribution in [3.8, 4) is 0 Å². The minimum Gasteiger partial charge on any atom is -0.300 e. The Bertz CT molecular complexity index is 141. The second-order valence-corrected chi connectivity index (χ2v) is 4.86. The number of carbonyl (C=O) groups excluding carboxylic acids is 1. The lowest BCUT2D eigenvalue weighted by Crippen LogP contribution is -2.28. The van der Waals surface area contributed by atoms with E-state index in [0.29, 0.717) is 16.3 Å². The highest BCUT2D eigenvalue weighted by Gasteiger charge is 2.30. The van der Waals surface area contributed by atoms with Gasteiger partial charge < -0.3 is 0 Å². The molecule has 2 heteroatoms. The van der Waals surface area contributed by atoms with E-state index < -0.39 is 0 Å². The van der Waals surface area contributed by atoms with Gasteiger partial charge in [0.15, 0.2) is 0 Å². The van der Waals surface area contributed by atoms with Crippen molar-refractivity contribution in [3.05, 3.63) is 0 Å². The Hall–Kier alpha value is 0.0200. The molecular formula is C8H12OS. The first kappa shape index (κ1) is 6.71. The van der Waals surface area contributed by atoms with Gasteiger partial charge >= 0.3 is 0 Å². The van der Waals surface area contributed by atoms with Crippen molar-refractivity contribution in [2.45, 2.75) is 42.6 Å². The van der Waals surface area contributed by atoms with Gasteiger partial charge in [0, 0.05) is 23.3 Å². The quantitative estimate of drug-likeness (QED) is 0.533. The van der Waals surface area contributed by atoms with Crippen molar-refractivity contribution in [3.63, 3.8) is 0 Å². The van der Waals surface area contributed by atoms with Crippen molar-refractivity contribution in [1.82, 2.24) is 0 Å². The minimum atomic E-state index is 0.508. The smallest absolute Gasteiger partial charge is 0.135 e. The van der Waals surface area contributed by atoms with Crippen molar-refractivity contribution in [1.29, 1.82) is 0 Å². The van der Waals surface area contributed by atoms with Gasteiger partial charge in [0.1, 0.15) is 5.78 Å². The third-order valence-electron chi connectivity index (χ3n) is 2.35. The summed E-state index contributed by atoms with van der Waals surface area (Å²) in [5.41, 5.74) is 0. The number of rotatable bonds is 0. The van der Waals surface area contributed by atoms with Crippen LogP contribution in [0.15, 0.2) is 0 Å². The number of hydrogen-bond donors (Lipinski definition) is 0. The first-order chi connectivity index (χ1) is 4.84. The molecular weight excluding hydrogens is 144 g/mol. The van der Waals surface area contributed by atoms with Crippen LogP contribution in [0.25, 0.3) is 0 Å². The standard InChI is InChI=1S/C8H12OS/c9-6-4-7-2-1-3-8(5-6)10-7/h7-8H,1-5H2/t7-,8-/m1/s1. The molecule has 2 rings (SSSR count). The van der Waals surface area contributed by atoms with Crippen LogP contribution in [-0.4, -0.2) is 16.3 Å². The SMILES string of the molecule is O=C1C[C@H]2CCC[C@H](C1)S2. The largest absolute Gasteiger partial charge is 0.300 e. The third-order valence-corrected chi connectivity index (χ3v) is 3.92. The van der Waals surface area contributed by atoms with Crippen molar-refractivity contribution in [2.75, 3.05) is 0 Å². The van der Waals surface area contributed by atoms with Crippen molar-refractivity contribution < 1.29 is 4.79 Å². The molecule has 0 aromatic heterocycles. The molecule has 56 valence electrons. The summed E-state index contributed by atoms with van der Waals surface area (Å²) in [6.45, 7) is 0. The molecule has 0 saturated carbocycles. The summed E-state index contributed by atoms with van der Waals surface area (Å²) in [6, 6.07) is 0. The molecule has 0 radical (unpaired) electrons. The van der Waals surface area contributed by atoms with Gasteiger partial charge in [-0.15, -0.1) is 0 Å². The molecule has 0 aromatic carbocycles. The first-order valence-corrected chi connectivity index (χ1v) is 4.96. The Kier molecular flexibility index (Phi) is 1.73. The van der Waals surface area contributed by atoms with Crippen molar-refractivity contribution in [2.24, 2.45) is 0 Å². The lowest BCUT2D eigenvalue weighted by atomic mass is 9.98. The second kappa shape index (κ2) is 2.57. The van der Waals surface area contributed by atoms with E-state index in [1.54, 1.807) is 0 Å². The van der Waals surface area contributed by atoms with Gasteiger partial charge in [0.05, 0.1) is 0 Å². The maximum atomic E-state index is 11.1. The predicted octanol–water partition coefficient (Wildman–Crippen LogP) is 2.00. The van der Waals surface area contributed by atoms with Crippen LogP contribution >= 0.6 is 11.8 Å². The highest BCUT2D eigenvalue weighted by molar-refractivity contribution is 8.00. The number of Topliss-reactive ketones (excluding diaryl/α,β-unsaturated/α-hetero) is 1. The summed E-state index contributed by atoms with van der Waals surface area (Å²) in [7, 11) is 0. The zero-order chi connectivity index (χ0) is 6.97. The van der Waals surface area contributed by atoms with E-state index in [9.17, 15) is 4.79 Å². The van der Waals surface area contributed by atoms with E-state index in [2.05, 4.69) is 11.8 Å². The lowest BCUT2D eigenvalue weighted by molar-refractivity contribution is -0.119. The fourth-order valence-electron chi connectivity index (χ4n) is 1.87. The number of fused-ring (bicyclic) bond motifs is 2. The molecule has 0 spiro atoms. The molecule has 1 nitrogen and oxygen atoms in total. The third kappa shape index (κ3) is 1.22. The van der Waals surface area contributed by atoms with E-state index in [1.807, 2.05) is 0 Å². The highest BCUT2D eigenvalue weighted by Crippen LogP contribution is 2.39. The topological polar surface area (TPSA) is 17.1 Å². The number of carbonyl (C=O) groups is 1. The van der Waals surface area contributed by atoms with Crippen molar-refractivity contribution >= 4 is 17.5 Å². The Morgan fingerprint density at radius 2 is 1.80 bits per heavy atom. The van der Waals surface area contributed by atoms with Crippen LogP contribution in [0.2, 0.25) is 0 Å². The molecule has 2 fully saturated rings. The van der Waals surface area contributed by atoms with Crippen LogP contribution < -0.4 is 0 Å². The molecule has 2 heterocycles. The fourth-order valence-corrected chi connectivity index (χ4v) is 3.59. The fraction of sp³-hybridized carbons (Fsp3) is 0.875. The Balaban J connectivity index is 2.05. The molecule has 0 aliphatic carbocycles. The Morgan fingerprint density at radius 3 is 2.40 bits per heavy atom. The van der Waals surface area contributed by atoms with Gasteiger partial charge in [-0.25, -0.2) is 0 Å². The molecule has 2 atom stereocenters. The average Bonchev–Trinajstić information content (AvgIpc) is 1.85. The molecule has 2 aliphatic rings. The zero-order valence-electron chi connectivity index (χ0n) is 6.01. The van der Waals surface area contributed by atoms with Crippen LogP contribution in [-0.2, 0) is 4.79 Å². The van der Waals surface area contributed by atoms with Crippen LogP contribution in [0.4, 0.5) is 0 Å². The summed E-state index contributed by atoms with van der Waals surface area (Å²) in [5, 5.41) is 1.39. The number of hydrogen-bond acceptors (Lipinski definition) is 2. The first-order valence-electron chi connectivity index (χ1n) is 4.02. The molecule has 0 N–H and O–H groups in total. The van der Waals surface area contributed by atoms with Gasteiger partial charge in [-0.2, -0.15) is 11.8 Å². The number of thioether (sulfide) groups is 1. The molecule has 0 amide bonds. The van der Waals surface area contributed by atoms with Crippen LogP contribution in [0, 0.1) is 0 Å². The minimum absolute atomic E-state index is 0.508. The Labute approximate surface area is 65.6 Å². The summed E-state index contributed by atoms with van der Waals surface area (Å²) >= 11 is 2.06. The van der Waals surface area contributed by atoms with E-state index in [1.165, 1.54) is 19.3 Å². The van der Waals surface area contributed by atoms with Gasteiger partial charge in [-0.1, -0.05) is 6.42 Å². The molecule has 10 heavy (non-hydrogen) atoms. The Morgan fingerprint density at radius 1 is 1.20 bits per heavy atom. The van der Waals surface area contributed by atoms with Crippen LogP contribution in [0.3, 0.4) is 0 Å².